The predicted octanol–water partition coefficient (Wildman–Crippen LogP) is 6.48. The second-order valence-corrected chi connectivity index (χ2v) is 10.3. The van der Waals surface area contributed by atoms with Crippen molar-refractivity contribution in [3.63, 3.8) is 0 Å². The average molecular weight is 539 g/mol. The Morgan fingerprint density at radius 3 is 2.70 bits per heavy atom. The molecule has 0 radical (unpaired) electrons. The topological polar surface area (TPSA) is 78.7 Å². The van der Waals surface area contributed by atoms with E-state index < -0.39 is 5.97 Å². The average Bonchev–Trinajstić information content (AvgIpc) is 3.65. The van der Waals surface area contributed by atoms with Crippen molar-refractivity contribution in [3.05, 3.63) is 83.3 Å². The molecule has 2 saturated heterocycles. The first-order valence-corrected chi connectivity index (χ1v) is 14.0. The number of nitrogens with zero attached hydrogens (tertiary/aromatic N) is 4. The first-order chi connectivity index (χ1) is 19.7. The van der Waals surface area contributed by atoms with Crippen LogP contribution in [0.3, 0.4) is 0 Å². The molecule has 0 saturated carbocycles. The molecule has 4 heterocycles. The zero-order chi connectivity index (χ0) is 27.3. The Balaban J connectivity index is 1.29. The lowest BCUT2D eigenvalue weighted by Gasteiger charge is -2.23. The summed E-state index contributed by atoms with van der Waals surface area (Å²) in [5.74, 6) is 0.599. The Morgan fingerprint density at radius 2 is 1.93 bits per heavy atom. The molecule has 0 N–H and O–H groups in total. The zero-order valence-corrected chi connectivity index (χ0v) is 22.8. The summed E-state index contributed by atoms with van der Waals surface area (Å²) in [6, 6.07) is 17.1. The van der Waals surface area contributed by atoms with Crippen LogP contribution in [0.2, 0.25) is 0 Å². The molecule has 0 amide bonds. The maximum atomic E-state index is 12.2. The minimum absolute atomic E-state index is 0.140. The van der Waals surface area contributed by atoms with Crippen LogP contribution in [0.4, 0.5) is 0 Å². The quantitative estimate of drug-likeness (QED) is 0.238. The van der Waals surface area contributed by atoms with Crippen LogP contribution in [-0.2, 0) is 16.0 Å². The summed E-state index contributed by atoms with van der Waals surface area (Å²) in [4.78, 5) is 19.4. The van der Waals surface area contributed by atoms with E-state index in [0.717, 1.165) is 48.1 Å². The monoisotopic (exact) mass is 538 g/mol. The number of para-hydroxylation sites is 1. The van der Waals surface area contributed by atoms with Gasteiger partial charge in [0, 0.05) is 30.8 Å². The number of fused-ring (bicyclic) bond motifs is 1. The fourth-order valence-electron chi connectivity index (χ4n) is 5.42. The Labute approximate surface area is 234 Å². The molecule has 2 aromatic heterocycles. The van der Waals surface area contributed by atoms with E-state index in [1.165, 1.54) is 38.6 Å². The summed E-state index contributed by atoms with van der Waals surface area (Å²) < 4.78 is 19.1. The molecule has 1 atom stereocenters. The molecular formula is C32H34N4O4. The smallest absolute Gasteiger partial charge is 0.341 e. The van der Waals surface area contributed by atoms with Gasteiger partial charge < -0.3 is 14.2 Å². The van der Waals surface area contributed by atoms with Crippen LogP contribution in [0.25, 0.3) is 23.1 Å². The molecular weight excluding hydrogens is 504 g/mol. The second-order valence-electron chi connectivity index (χ2n) is 10.3. The standard InChI is InChI=1S/C32H34N4O4/c1-38-32(37)27-8-2-3-9-30(27)40-25-14-15-26-28(34-36(29(26)20-25)31-10-4-7-19-39-31)16-13-24-12-11-23(21-33-24)22-35-17-5-6-18-35/h2-3,8-9,11-16,20-21,31H,4-7,10,17-19,22H2,1H3/b16-13+. The summed E-state index contributed by atoms with van der Waals surface area (Å²) in [7, 11) is 1.36. The highest BCUT2D eigenvalue weighted by molar-refractivity contribution is 5.93. The molecule has 40 heavy (non-hydrogen) atoms. The third-order valence-corrected chi connectivity index (χ3v) is 7.52. The van der Waals surface area contributed by atoms with E-state index in [9.17, 15) is 4.79 Å². The fraction of sp³-hybridized carbons (Fsp3) is 0.344. The maximum absolute atomic E-state index is 12.2. The number of aromatic nitrogens is 3. The van der Waals surface area contributed by atoms with Gasteiger partial charge in [0.05, 0.1) is 24.0 Å². The third kappa shape index (κ3) is 5.78. The molecule has 2 fully saturated rings. The number of pyridine rings is 1. The van der Waals surface area contributed by atoms with Crippen molar-refractivity contribution < 1.29 is 19.0 Å². The van der Waals surface area contributed by atoms with E-state index in [2.05, 4.69) is 22.0 Å². The number of likely N-dealkylation sites (tertiary alicyclic amines) is 1. The lowest BCUT2D eigenvalue weighted by Crippen LogP contribution is -2.19. The number of hydrogen-bond donors (Lipinski definition) is 0. The van der Waals surface area contributed by atoms with Gasteiger partial charge in [-0.05, 0) is 93.2 Å². The van der Waals surface area contributed by atoms with Gasteiger partial charge in [0.15, 0.2) is 6.23 Å². The van der Waals surface area contributed by atoms with Crippen LogP contribution >= 0.6 is 0 Å². The number of benzene rings is 2. The molecule has 4 aromatic rings. The largest absolute Gasteiger partial charge is 0.465 e. The Bertz CT molecular complexity index is 1500. The fourth-order valence-corrected chi connectivity index (χ4v) is 5.42. The molecule has 0 spiro atoms. The highest BCUT2D eigenvalue weighted by Crippen LogP contribution is 2.33. The van der Waals surface area contributed by atoms with Crippen molar-refractivity contribution in [2.75, 3.05) is 26.8 Å². The van der Waals surface area contributed by atoms with Crippen molar-refractivity contribution >= 4 is 29.0 Å². The van der Waals surface area contributed by atoms with Crippen LogP contribution in [0, 0.1) is 0 Å². The number of hydrogen-bond acceptors (Lipinski definition) is 7. The van der Waals surface area contributed by atoms with Gasteiger partial charge in [-0.3, -0.25) is 9.88 Å². The summed E-state index contributed by atoms with van der Waals surface area (Å²) in [5, 5.41) is 5.95. The number of methoxy groups -OCH3 is 1. The molecule has 6 rings (SSSR count). The van der Waals surface area contributed by atoms with Crippen LogP contribution in [0.15, 0.2) is 60.8 Å². The highest BCUT2D eigenvalue weighted by atomic mass is 16.5. The van der Waals surface area contributed by atoms with Crippen LogP contribution in [-0.4, -0.2) is 52.4 Å². The number of carbonyl (C=O) groups excluding carboxylic acids is 1. The normalized spacial score (nSPS) is 18.0. The van der Waals surface area contributed by atoms with E-state index >= 15 is 0 Å². The Morgan fingerprint density at radius 1 is 1.05 bits per heavy atom. The van der Waals surface area contributed by atoms with Gasteiger partial charge in [-0.25, -0.2) is 9.48 Å². The molecule has 2 aliphatic heterocycles. The lowest BCUT2D eigenvalue weighted by molar-refractivity contribution is -0.0367. The minimum atomic E-state index is -0.442. The first-order valence-electron chi connectivity index (χ1n) is 14.0. The predicted molar refractivity (Wildman–Crippen MR) is 154 cm³/mol. The Hall–Kier alpha value is -4.01. The van der Waals surface area contributed by atoms with E-state index in [0.29, 0.717) is 23.7 Å². The maximum Gasteiger partial charge on any atom is 0.341 e. The van der Waals surface area contributed by atoms with Gasteiger partial charge in [-0.1, -0.05) is 18.2 Å². The number of ether oxygens (including phenoxy) is 3. The van der Waals surface area contributed by atoms with E-state index in [-0.39, 0.29) is 6.23 Å². The van der Waals surface area contributed by atoms with Gasteiger partial charge in [0.2, 0.25) is 0 Å². The molecule has 206 valence electrons. The summed E-state index contributed by atoms with van der Waals surface area (Å²) in [5.41, 5.74) is 4.25. The van der Waals surface area contributed by atoms with E-state index in [4.69, 9.17) is 19.3 Å². The van der Waals surface area contributed by atoms with Crippen LogP contribution < -0.4 is 4.74 Å². The SMILES string of the molecule is COC(=O)c1ccccc1Oc1ccc2c(/C=C/c3ccc(CN4CCCC4)cn3)nn(C3CCCCO3)c2c1. The molecule has 8 heteroatoms. The van der Waals surface area contributed by atoms with Crippen molar-refractivity contribution in [2.24, 2.45) is 0 Å². The van der Waals surface area contributed by atoms with Crippen LogP contribution in [0.5, 0.6) is 11.5 Å². The minimum Gasteiger partial charge on any atom is -0.465 e. The number of carbonyl (C=O) groups is 1. The van der Waals surface area contributed by atoms with Gasteiger partial charge in [0.25, 0.3) is 0 Å². The van der Waals surface area contributed by atoms with Crippen molar-refractivity contribution in [3.8, 4) is 11.5 Å². The van der Waals surface area contributed by atoms with Crippen molar-refractivity contribution in [1.82, 2.24) is 19.7 Å². The summed E-state index contributed by atoms with van der Waals surface area (Å²) >= 11 is 0. The number of esters is 1. The number of rotatable bonds is 8. The lowest BCUT2D eigenvalue weighted by atomic mass is 10.1. The van der Waals surface area contributed by atoms with Gasteiger partial charge >= 0.3 is 5.97 Å². The van der Waals surface area contributed by atoms with Crippen molar-refractivity contribution in [2.45, 2.75) is 44.9 Å². The third-order valence-electron chi connectivity index (χ3n) is 7.52. The Kier molecular flexibility index (Phi) is 7.88. The summed E-state index contributed by atoms with van der Waals surface area (Å²) in [6.45, 7) is 4.02. The molecule has 0 bridgehead atoms. The highest BCUT2D eigenvalue weighted by Gasteiger charge is 2.21. The molecule has 8 nitrogen and oxygen atoms in total. The molecule has 0 aliphatic carbocycles. The molecule has 1 unspecified atom stereocenters. The molecule has 2 aliphatic rings. The summed E-state index contributed by atoms with van der Waals surface area (Å²) in [6.07, 6.45) is 11.5. The molecule has 2 aromatic carbocycles. The first kappa shape index (κ1) is 26.2. The van der Waals surface area contributed by atoms with E-state index in [1.54, 1.807) is 18.2 Å². The van der Waals surface area contributed by atoms with Gasteiger partial charge in [-0.15, -0.1) is 0 Å². The van der Waals surface area contributed by atoms with Gasteiger partial charge in [-0.2, -0.15) is 5.10 Å². The van der Waals surface area contributed by atoms with Crippen LogP contribution in [0.1, 0.15) is 65.6 Å². The van der Waals surface area contributed by atoms with Gasteiger partial charge in [0.1, 0.15) is 17.1 Å². The van der Waals surface area contributed by atoms with E-state index in [1.807, 2.05) is 47.3 Å². The van der Waals surface area contributed by atoms with Crippen molar-refractivity contribution in [1.29, 1.82) is 0 Å². The zero-order valence-electron chi connectivity index (χ0n) is 22.8. The second kappa shape index (κ2) is 12.0.